The number of benzene rings is 1. The van der Waals surface area contributed by atoms with Gasteiger partial charge in [-0.2, -0.15) is 0 Å². The predicted molar refractivity (Wildman–Crippen MR) is 73.5 cm³/mol. The molecule has 1 aromatic carbocycles. The fraction of sp³-hybridized carbons (Fsp3) is 0.429. The number of nitrogens with one attached hydrogen (secondary N) is 1. The van der Waals surface area contributed by atoms with E-state index in [0.29, 0.717) is 18.9 Å². The standard InChI is InChI=1S/C14H18N4O/c15-8-10-7-14(19)18(9-10)6-5-13-16-11-3-1-2-4-12(11)17-13/h1-4,10H,5-9,15H2,(H,16,17). The molecule has 0 aliphatic carbocycles. The molecule has 1 aliphatic rings. The van der Waals surface area contributed by atoms with Gasteiger partial charge >= 0.3 is 0 Å². The van der Waals surface area contributed by atoms with E-state index in [0.717, 1.165) is 36.4 Å². The van der Waals surface area contributed by atoms with Gasteiger partial charge in [-0.05, 0) is 24.6 Å². The molecule has 100 valence electrons. The zero-order valence-electron chi connectivity index (χ0n) is 10.8. The highest BCUT2D eigenvalue weighted by atomic mass is 16.2. The van der Waals surface area contributed by atoms with Gasteiger partial charge in [0.15, 0.2) is 0 Å². The number of likely N-dealkylation sites (tertiary alicyclic amines) is 1. The van der Waals surface area contributed by atoms with Crippen LogP contribution in [-0.4, -0.2) is 40.4 Å². The molecule has 2 aromatic rings. The molecule has 2 heterocycles. The third kappa shape index (κ3) is 2.46. The first-order valence-corrected chi connectivity index (χ1v) is 6.67. The summed E-state index contributed by atoms with van der Waals surface area (Å²) in [6.45, 7) is 2.09. The summed E-state index contributed by atoms with van der Waals surface area (Å²) in [5.74, 6) is 1.47. The first kappa shape index (κ1) is 12.2. The van der Waals surface area contributed by atoms with Crippen molar-refractivity contribution < 1.29 is 4.79 Å². The number of nitrogens with two attached hydrogens (primary N) is 1. The molecule has 3 rings (SSSR count). The Morgan fingerprint density at radius 2 is 2.26 bits per heavy atom. The average Bonchev–Trinajstić information content (AvgIpc) is 2.99. The largest absolute Gasteiger partial charge is 0.342 e. The van der Waals surface area contributed by atoms with E-state index in [2.05, 4.69) is 9.97 Å². The monoisotopic (exact) mass is 258 g/mol. The summed E-state index contributed by atoms with van der Waals surface area (Å²) in [6, 6.07) is 7.96. The highest BCUT2D eigenvalue weighted by Crippen LogP contribution is 2.17. The van der Waals surface area contributed by atoms with Gasteiger partial charge in [0.05, 0.1) is 11.0 Å². The number of carbonyl (C=O) groups excluding carboxylic acids is 1. The maximum Gasteiger partial charge on any atom is 0.222 e. The van der Waals surface area contributed by atoms with Crippen molar-refractivity contribution in [3.8, 4) is 0 Å². The van der Waals surface area contributed by atoms with Crippen LogP contribution in [0, 0.1) is 5.92 Å². The lowest BCUT2D eigenvalue weighted by Gasteiger charge is -2.15. The molecule has 5 heteroatoms. The lowest BCUT2D eigenvalue weighted by Crippen LogP contribution is -2.28. The van der Waals surface area contributed by atoms with Crippen molar-refractivity contribution in [2.24, 2.45) is 11.7 Å². The number of aromatic amines is 1. The van der Waals surface area contributed by atoms with Crippen LogP contribution in [0.15, 0.2) is 24.3 Å². The predicted octanol–water partition coefficient (Wildman–Crippen LogP) is 0.913. The summed E-state index contributed by atoms with van der Waals surface area (Å²) in [7, 11) is 0. The Morgan fingerprint density at radius 3 is 3.00 bits per heavy atom. The minimum Gasteiger partial charge on any atom is -0.342 e. The maximum absolute atomic E-state index is 11.8. The Hall–Kier alpha value is -1.88. The van der Waals surface area contributed by atoms with Crippen LogP contribution in [0.3, 0.4) is 0 Å². The third-order valence-corrected chi connectivity index (χ3v) is 3.68. The molecule has 5 nitrogen and oxygen atoms in total. The van der Waals surface area contributed by atoms with Gasteiger partial charge in [-0.25, -0.2) is 4.98 Å². The highest BCUT2D eigenvalue weighted by molar-refractivity contribution is 5.78. The Labute approximate surface area is 111 Å². The van der Waals surface area contributed by atoms with E-state index in [-0.39, 0.29) is 5.91 Å². The van der Waals surface area contributed by atoms with Crippen LogP contribution in [0.4, 0.5) is 0 Å². The quantitative estimate of drug-likeness (QED) is 0.856. The van der Waals surface area contributed by atoms with Gasteiger partial charge in [0, 0.05) is 25.9 Å². The summed E-state index contributed by atoms with van der Waals surface area (Å²) < 4.78 is 0. The van der Waals surface area contributed by atoms with E-state index < -0.39 is 0 Å². The Kier molecular flexibility index (Phi) is 3.21. The summed E-state index contributed by atoms with van der Waals surface area (Å²) in [5, 5.41) is 0. The number of hydrogen-bond donors (Lipinski definition) is 2. The molecule has 0 saturated carbocycles. The molecule has 1 atom stereocenters. The Balaban J connectivity index is 1.64. The van der Waals surface area contributed by atoms with Crippen molar-refractivity contribution >= 4 is 16.9 Å². The van der Waals surface area contributed by atoms with E-state index in [4.69, 9.17) is 5.73 Å². The molecule has 19 heavy (non-hydrogen) atoms. The normalized spacial score (nSPS) is 19.5. The van der Waals surface area contributed by atoms with Crippen LogP contribution in [0.5, 0.6) is 0 Å². The Morgan fingerprint density at radius 1 is 1.42 bits per heavy atom. The minimum atomic E-state index is 0.214. The van der Waals surface area contributed by atoms with Crippen molar-refractivity contribution in [1.82, 2.24) is 14.9 Å². The number of carbonyl (C=O) groups is 1. The lowest BCUT2D eigenvalue weighted by atomic mass is 10.1. The number of fused-ring (bicyclic) bond motifs is 1. The van der Waals surface area contributed by atoms with E-state index in [1.54, 1.807) is 0 Å². The van der Waals surface area contributed by atoms with Crippen LogP contribution in [-0.2, 0) is 11.2 Å². The van der Waals surface area contributed by atoms with Gasteiger partial charge in [-0.15, -0.1) is 0 Å². The summed E-state index contributed by atoms with van der Waals surface area (Å²) >= 11 is 0. The molecule has 0 radical (unpaired) electrons. The molecule has 0 spiro atoms. The summed E-state index contributed by atoms with van der Waals surface area (Å²) in [5.41, 5.74) is 7.64. The van der Waals surface area contributed by atoms with Gasteiger partial charge in [0.2, 0.25) is 5.91 Å². The number of imidazole rings is 1. The van der Waals surface area contributed by atoms with Crippen molar-refractivity contribution in [3.63, 3.8) is 0 Å². The van der Waals surface area contributed by atoms with Gasteiger partial charge < -0.3 is 15.6 Å². The van der Waals surface area contributed by atoms with Crippen molar-refractivity contribution in [3.05, 3.63) is 30.1 Å². The average molecular weight is 258 g/mol. The number of hydrogen-bond acceptors (Lipinski definition) is 3. The fourth-order valence-electron chi connectivity index (χ4n) is 2.59. The van der Waals surface area contributed by atoms with E-state index in [1.165, 1.54) is 0 Å². The molecule has 3 N–H and O–H groups in total. The number of nitrogens with zero attached hydrogens (tertiary/aromatic N) is 2. The molecule has 1 unspecified atom stereocenters. The molecule has 1 aliphatic heterocycles. The first-order chi connectivity index (χ1) is 9.26. The zero-order valence-corrected chi connectivity index (χ0v) is 10.8. The molecule has 1 saturated heterocycles. The van der Waals surface area contributed by atoms with Crippen molar-refractivity contribution in [1.29, 1.82) is 0 Å². The fourth-order valence-corrected chi connectivity index (χ4v) is 2.59. The number of amides is 1. The molecular formula is C14H18N4O. The number of para-hydroxylation sites is 2. The van der Waals surface area contributed by atoms with E-state index in [9.17, 15) is 4.79 Å². The summed E-state index contributed by atoms with van der Waals surface area (Å²) in [6.07, 6.45) is 1.36. The van der Waals surface area contributed by atoms with Gasteiger partial charge in [0.1, 0.15) is 5.82 Å². The van der Waals surface area contributed by atoms with Gasteiger partial charge in [-0.1, -0.05) is 12.1 Å². The zero-order chi connectivity index (χ0) is 13.2. The topological polar surface area (TPSA) is 75.0 Å². The number of H-pyrrole nitrogens is 1. The second-order valence-electron chi connectivity index (χ2n) is 5.10. The van der Waals surface area contributed by atoms with Crippen LogP contribution < -0.4 is 5.73 Å². The van der Waals surface area contributed by atoms with Crippen LogP contribution in [0.25, 0.3) is 11.0 Å². The molecule has 1 amide bonds. The molecular weight excluding hydrogens is 240 g/mol. The number of aromatic nitrogens is 2. The SMILES string of the molecule is NCC1CC(=O)N(CCc2nc3ccccc3[nH]2)C1. The second kappa shape index (κ2) is 5.01. The van der Waals surface area contributed by atoms with Crippen LogP contribution >= 0.6 is 0 Å². The van der Waals surface area contributed by atoms with E-state index >= 15 is 0 Å². The molecule has 1 fully saturated rings. The van der Waals surface area contributed by atoms with Crippen LogP contribution in [0.2, 0.25) is 0 Å². The van der Waals surface area contributed by atoms with E-state index in [1.807, 2.05) is 29.2 Å². The number of rotatable bonds is 4. The minimum absolute atomic E-state index is 0.214. The van der Waals surface area contributed by atoms with Crippen molar-refractivity contribution in [2.75, 3.05) is 19.6 Å². The maximum atomic E-state index is 11.8. The lowest BCUT2D eigenvalue weighted by molar-refractivity contribution is -0.127. The molecule has 0 bridgehead atoms. The van der Waals surface area contributed by atoms with Crippen molar-refractivity contribution in [2.45, 2.75) is 12.8 Å². The van der Waals surface area contributed by atoms with Gasteiger partial charge in [-0.3, -0.25) is 4.79 Å². The molecule has 1 aromatic heterocycles. The van der Waals surface area contributed by atoms with Crippen LogP contribution in [0.1, 0.15) is 12.2 Å². The third-order valence-electron chi connectivity index (χ3n) is 3.68. The first-order valence-electron chi connectivity index (χ1n) is 6.67. The van der Waals surface area contributed by atoms with Gasteiger partial charge in [0.25, 0.3) is 0 Å². The Bertz CT molecular complexity index is 559. The smallest absolute Gasteiger partial charge is 0.222 e. The summed E-state index contributed by atoms with van der Waals surface area (Å²) in [4.78, 5) is 21.5. The highest BCUT2D eigenvalue weighted by Gasteiger charge is 2.28. The second-order valence-corrected chi connectivity index (χ2v) is 5.10.